The molecule has 0 aliphatic carbocycles. The summed E-state index contributed by atoms with van der Waals surface area (Å²) in [7, 11) is 0. The lowest BCUT2D eigenvalue weighted by Crippen LogP contribution is -2.61. The molecule has 0 fully saturated rings. The highest BCUT2D eigenvalue weighted by Crippen LogP contribution is 2.08. The fourth-order valence-electron chi connectivity index (χ4n) is 5.07. The van der Waals surface area contributed by atoms with Crippen molar-refractivity contribution in [3.05, 3.63) is 0 Å². The molecule has 0 aliphatic rings. The maximum atomic E-state index is 13.2. The Kier molecular flexibility index (Phi) is 23.5. The lowest BCUT2D eigenvalue weighted by Gasteiger charge is -2.27. The van der Waals surface area contributed by atoms with Crippen LogP contribution in [0.15, 0.2) is 0 Å². The normalized spacial score (nSPS) is 15.0. The van der Waals surface area contributed by atoms with E-state index in [-0.39, 0.29) is 25.2 Å². The predicted molar refractivity (Wildman–Crippen MR) is 202 cm³/mol. The standard InChI is InChI=1S/C34H58N10O15/c1-14(2)9-19(41-31(56)22(13-46)42-34(59)27(16(5)47)44-30(55)20(10-25(51)52)38-17(6)48)29(54)37-11-24(50)39-21(12-45)32(57)43-26(15(3)4)33(58)40-18(28(36)53)7-8-23(35)49/h14-16,18-22,26-27,45-47H,7-13H2,1-6H3,(H2,35,49)(H2,36,53)(H,37,54)(H,38,48)(H,39,50)(H,40,58)(H,41,56)(H,42,59)(H,43,57)(H,44,55)(H,51,52)/t16-,18+,19+,20+,21+,22+,26+,27+/m1/s1. The SMILES string of the molecule is CC(=O)N[C@@H](CC(=O)O)C(=O)N[C@H](C(=O)N[C@@H](CO)C(=O)N[C@@H](CC(C)C)C(=O)NCC(=O)N[C@@H](CO)C(=O)N[C@H](C(=O)N[C@@H](CCC(N)=O)C(N)=O)C(C)C)[C@@H](C)O. The van der Waals surface area contributed by atoms with Gasteiger partial charge in [-0.2, -0.15) is 0 Å². The van der Waals surface area contributed by atoms with Crippen molar-refractivity contribution in [3.8, 4) is 0 Å². The zero-order valence-corrected chi connectivity index (χ0v) is 33.7. The Balaban J connectivity index is 5.69. The second-order valence-electron chi connectivity index (χ2n) is 14.2. The Morgan fingerprint density at radius 2 is 1.05 bits per heavy atom. The Morgan fingerprint density at radius 3 is 1.51 bits per heavy atom. The summed E-state index contributed by atoms with van der Waals surface area (Å²) in [5.74, 6) is -12.1. The van der Waals surface area contributed by atoms with E-state index in [9.17, 15) is 68.1 Å². The van der Waals surface area contributed by atoms with Crippen molar-refractivity contribution in [1.29, 1.82) is 0 Å². The predicted octanol–water partition coefficient (Wildman–Crippen LogP) is -7.19. The van der Waals surface area contributed by atoms with Crippen LogP contribution in [0.5, 0.6) is 0 Å². The molecule has 0 unspecified atom stereocenters. The molecule has 25 nitrogen and oxygen atoms in total. The first-order chi connectivity index (χ1) is 27.3. The molecule has 0 aromatic carbocycles. The van der Waals surface area contributed by atoms with Crippen LogP contribution in [0.2, 0.25) is 0 Å². The largest absolute Gasteiger partial charge is 0.481 e. The second-order valence-corrected chi connectivity index (χ2v) is 14.2. The third-order valence-corrected chi connectivity index (χ3v) is 8.13. The molecular formula is C34H58N10O15. The van der Waals surface area contributed by atoms with Crippen molar-refractivity contribution in [2.75, 3.05) is 19.8 Å². The number of aliphatic hydroxyl groups excluding tert-OH is 3. The van der Waals surface area contributed by atoms with Gasteiger partial charge in [0, 0.05) is 13.3 Å². The van der Waals surface area contributed by atoms with E-state index in [1.165, 1.54) is 0 Å². The minimum atomic E-state index is -1.81. The first-order valence-electron chi connectivity index (χ1n) is 18.4. The van der Waals surface area contributed by atoms with Gasteiger partial charge in [0.25, 0.3) is 0 Å². The summed E-state index contributed by atoms with van der Waals surface area (Å²) in [6, 6.07) is -10.8. The van der Waals surface area contributed by atoms with Gasteiger partial charge in [-0.1, -0.05) is 27.7 Å². The van der Waals surface area contributed by atoms with Gasteiger partial charge in [-0.3, -0.25) is 52.7 Å². The van der Waals surface area contributed by atoms with Crippen LogP contribution >= 0.6 is 0 Å². The Hall–Kier alpha value is -5.95. The highest BCUT2D eigenvalue weighted by Gasteiger charge is 2.35. The van der Waals surface area contributed by atoms with Gasteiger partial charge in [0.1, 0.15) is 42.3 Å². The molecule has 0 radical (unpaired) electrons. The number of hydrogen-bond acceptors (Lipinski definition) is 14. The van der Waals surface area contributed by atoms with Crippen molar-refractivity contribution in [2.45, 2.75) is 116 Å². The molecule has 0 saturated carbocycles. The summed E-state index contributed by atoms with van der Waals surface area (Å²) >= 11 is 0. The molecule has 10 amide bonds. The van der Waals surface area contributed by atoms with Gasteiger partial charge in [-0.25, -0.2) is 0 Å². The van der Waals surface area contributed by atoms with Crippen LogP contribution in [0.1, 0.15) is 67.2 Å². The number of hydrogen-bond donors (Lipinski definition) is 14. The monoisotopic (exact) mass is 846 g/mol. The summed E-state index contributed by atoms with van der Waals surface area (Å²) in [5, 5.41) is 56.7. The molecular weight excluding hydrogens is 788 g/mol. The van der Waals surface area contributed by atoms with E-state index in [4.69, 9.17) is 16.6 Å². The van der Waals surface area contributed by atoms with Crippen molar-refractivity contribution < 1.29 is 73.2 Å². The summed E-state index contributed by atoms with van der Waals surface area (Å²) in [6.07, 6.45) is -3.02. The van der Waals surface area contributed by atoms with Crippen LogP contribution in [0.4, 0.5) is 0 Å². The van der Waals surface area contributed by atoms with Crippen molar-refractivity contribution in [2.24, 2.45) is 23.3 Å². The van der Waals surface area contributed by atoms with Crippen molar-refractivity contribution in [3.63, 3.8) is 0 Å². The molecule has 0 aromatic rings. The van der Waals surface area contributed by atoms with Gasteiger partial charge in [-0.15, -0.1) is 0 Å². The van der Waals surface area contributed by atoms with Gasteiger partial charge in [0.15, 0.2) is 0 Å². The van der Waals surface area contributed by atoms with E-state index in [0.717, 1.165) is 13.8 Å². The number of aliphatic carboxylic acids is 1. The lowest BCUT2D eigenvalue weighted by atomic mass is 10.0. The Labute approximate surface area is 339 Å². The first-order valence-corrected chi connectivity index (χ1v) is 18.4. The number of aliphatic hydroxyl groups is 3. The molecule has 0 spiro atoms. The average Bonchev–Trinajstić information content (AvgIpc) is 3.12. The number of carboxylic acids is 1. The molecule has 0 rings (SSSR count). The number of carboxylic acid groups (broad SMARTS) is 1. The van der Waals surface area contributed by atoms with Crippen LogP contribution in [0.25, 0.3) is 0 Å². The van der Waals surface area contributed by atoms with Crippen molar-refractivity contribution >= 4 is 65.0 Å². The summed E-state index contributed by atoms with van der Waals surface area (Å²) < 4.78 is 0. The molecule has 59 heavy (non-hydrogen) atoms. The maximum absolute atomic E-state index is 13.2. The van der Waals surface area contributed by atoms with Crippen LogP contribution in [-0.2, 0) is 52.7 Å². The Bertz CT molecular complexity index is 1520. The van der Waals surface area contributed by atoms with E-state index >= 15 is 0 Å². The third kappa shape index (κ3) is 20.3. The van der Waals surface area contributed by atoms with E-state index in [1.54, 1.807) is 27.7 Å². The molecule has 16 N–H and O–H groups in total. The van der Waals surface area contributed by atoms with Gasteiger partial charge in [0.05, 0.1) is 32.3 Å². The van der Waals surface area contributed by atoms with Crippen LogP contribution in [0.3, 0.4) is 0 Å². The number of amides is 10. The zero-order chi connectivity index (χ0) is 45.7. The molecule has 0 aromatic heterocycles. The quantitative estimate of drug-likeness (QED) is 0.0365. The topological polar surface area (TPSA) is 417 Å². The fourth-order valence-corrected chi connectivity index (χ4v) is 5.07. The van der Waals surface area contributed by atoms with Gasteiger partial charge in [-0.05, 0) is 31.6 Å². The summed E-state index contributed by atoms with van der Waals surface area (Å²) in [4.78, 5) is 136. The molecule has 8 atom stereocenters. The molecule has 0 aliphatic heterocycles. The second kappa shape index (κ2) is 26.1. The van der Waals surface area contributed by atoms with Gasteiger partial charge < -0.3 is 74.4 Å². The Morgan fingerprint density at radius 1 is 0.576 bits per heavy atom. The smallest absolute Gasteiger partial charge is 0.305 e. The number of nitrogens with two attached hydrogens (primary N) is 2. The van der Waals surface area contributed by atoms with E-state index in [0.29, 0.717) is 0 Å². The van der Waals surface area contributed by atoms with E-state index in [2.05, 4.69) is 42.5 Å². The van der Waals surface area contributed by atoms with Crippen molar-refractivity contribution in [1.82, 2.24) is 42.5 Å². The molecule has 0 saturated heterocycles. The molecule has 0 heterocycles. The first kappa shape index (κ1) is 53.0. The minimum absolute atomic E-state index is 0.0365. The van der Waals surface area contributed by atoms with E-state index in [1.807, 2.05) is 0 Å². The van der Waals surface area contributed by atoms with Crippen LogP contribution < -0.4 is 54.0 Å². The number of rotatable bonds is 27. The van der Waals surface area contributed by atoms with Gasteiger partial charge in [0.2, 0.25) is 59.1 Å². The fraction of sp³-hybridized carbons (Fsp3) is 0.676. The van der Waals surface area contributed by atoms with Crippen LogP contribution in [0, 0.1) is 11.8 Å². The van der Waals surface area contributed by atoms with Crippen LogP contribution in [-0.4, -0.2) is 154 Å². The van der Waals surface area contributed by atoms with E-state index < -0.39 is 146 Å². The summed E-state index contributed by atoms with van der Waals surface area (Å²) in [6.45, 7) is 5.75. The highest BCUT2D eigenvalue weighted by atomic mass is 16.4. The summed E-state index contributed by atoms with van der Waals surface area (Å²) in [5.41, 5.74) is 10.4. The average molecular weight is 847 g/mol. The molecule has 0 bridgehead atoms. The number of carbonyl (C=O) groups is 11. The maximum Gasteiger partial charge on any atom is 0.305 e. The molecule has 334 valence electrons. The molecule has 25 heteroatoms. The third-order valence-electron chi connectivity index (χ3n) is 8.13. The number of carbonyl (C=O) groups excluding carboxylic acids is 10. The highest BCUT2D eigenvalue weighted by molar-refractivity contribution is 5.98. The lowest BCUT2D eigenvalue weighted by molar-refractivity contribution is -0.141. The number of primary amides is 2. The van der Waals surface area contributed by atoms with Gasteiger partial charge >= 0.3 is 5.97 Å². The number of nitrogens with one attached hydrogen (secondary N) is 8. The minimum Gasteiger partial charge on any atom is -0.481 e. The zero-order valence-electron chi connectivity index (χ0n) is 33.7.